The van der Waals surface area contributed by atoms with Gasteiger partial charge in [0.05, 0.1) is 0 Å². The number of nitrogens with one attached hydrogen (secondary N) is 1. The largest absolute Gasteiger partial charge is 0.312 e. The summed E-state index contributed by atoms with van der Waals surface area (Å²) in [7, 11) is 0. The van der Waals surface area contributed by atoms with Crippen molar-refractivity contribution in [3.8, 4) is 0 Å². The van der Waals surface area contributed by atoms with Gasteiger partial charge in [0.2, 0.25) is 0 Å². The van der Waals surface area contributed by atoms with Gasteiger partial charge >= 0.3 is 0 Å². The summed E-state index contributed by atoms with van der Waals surface area (Å²) in [6.07, 6.45) is 1.10. The smallest absolute Gasteiger partial charge is 0.0205 e. The van der Waals surface area contributed by atoms with Crippen LogP contribution in [-0.2, 0) is 13.0 Å². The van der Waals surface area contributed by atoms with Crippen molar-refractivity contribution in [2.45, 2.75) is 26.8 Å². The van der Waals surface area contributed by atoms with Gasteiger partial charge in [0.25, 0.3) is 0 Å². The molecule has 1 heteroatoms. The zero-order valence-corrected chi connectivity index (χ0v) is 11.2. The van der Waals surface area contributed by atoms with Crippen molar-refractivity contribution in [3.63, 3.8) is 0 Å². The number of hydrogen-bond acceptors (Lipinski definition) is 1. The second kappa shape index (κ2) is 6.36. The van der Waals surface area contributed by atoms with Crippen LogP contribution in [0.1, 0.15) is 22.3 Å². The van der Waals surface area contributed by atoms with E-state index in [1.54, 1.807) is 0 Å². The Morgan fingerprint density at radius 3 is 2.56 bits per heavy atom. The summed E-state index contributed by atoms with van der Waals surface area (Å²) in [6, 6.07) is 17.3. The van der Waals surface area contributed by atoms with Crippen LogP contribution in [0.5, 0.6) is 0 Å². The van der Waals surface area contributed by atoms with Crippen molar-refractivity contribution >= 4 is 0 Å². The molecule has 0 fully saturated rings. The minimum atomic E-state index is 0.952. The van der Waals surface area contributed by atoms with Crippen LogP contribution in [0.2, 0.25) is 0 Å². The van der Waals surface area contributed by atoms with Gasteiger partial charge in [-0.15, -0.1) is 0 Å². The van der Waals surface area contributed by atoms with E-state index >= 15 is 0 Å². The molecule has 0 saturated heterocycles. The molecule has 0 heterocycles. The Hall–Kier alpha value is -1.60. The number of hydrogen-bond donors (Lipinski definition) is 1. The zero-order chi connectivity index (χ0) is 12.8. The molecule has 0 aliphatic rings. The van der Waals surface area contributed by atoms with Gasteiger partial charge in [-0.1, -0.05) is 54.1 Å². The monoisotopic (exact) mass is 239 g/mol. The van der Waals surface area contributed by atoms with Crippen LogP contribution >= 0.6 is 0 Å². The predicted octanol–water partition coefficient (Wildman–Crippen LogP) is 3.64. The topological polar surface area (TPSA) is 12.0 Å². The lowest BCUT2D eigenvalue weighted by molar-refractivity contribution is 0.685. The molecule has 0 atom stereocenters. The van der Waals surface area contributed by atoms with Gasteiger partial charge in [-0.2, -0.15) is 0 Å². The van der Waals surface area contributed by atoms with Gasteiger partial charge in [-0.3, -0.25) is 0 Å². The Balaban J connectivity index is 1.78. The van der Waals surface area contributed by atoms with E-state index in [9.17, 15) is 0 Å². The van der Waals surface area contributed by atoms with E-state index in [0.717, 1.165) is 19.5 Å². The summed E-state index contributed by atoms with van der Waals surface area (Å²) in [5.74, 6) is 0. The SMILES string of the molecule is Cc1cccc(CNCCc2ccccc2C)c1. The molecular weight excluding hydrogens is 218 g/mol. The molecule has 0 aliphatic carbocycles. The molecule has 2 rings (SSSR count). The highest BCUT2D eigenvalue weighted by atomic mass is 14.8. The third-order valence-electron chi connectivity index (χ3n) is 3.24. The fourth-order valence-corrected chi connectivity index (χ4v) is 2.17. The van der Waals surface area contributed by atoms with E-state index in [4.69, 9.17) is 0 Å². The summed E-state index contributed by atoms with van der Waals surface area (Å²) in [4.78, 5) is 0. The van der Waals surface area contributed by atoms with Crippen LogP contribution in [0, 0.1) is 13.8 Å². The maximum atomic E-state index is 3.50. The van der Waals surface area contributed by atoms with E-state index in [-0.39, 0.29) is 0 Å². The fraction of sp³-hybridized carbons (Fsp3) is 0.294. The van der Waals surface area contributed by atoms with Crippen molar-refractivity contribution < 1.29 is 0 Å². The predicted molar refractivity (Wildman–Crippen MR) is 77.8 cm³/mol. The van der Waals surface area contributed by atoms with Crippen LogP contribution < -0.4 is 5.32 Å². The molecule has 18 heavy (non-hydrogen) atoms. The second-order valence-corrected chi connectivity index (χ2v) is 4.84. The quantitative estimate of drug-likeness (QED) is 0.786. The van der Waals surface area contributed by atoms with Gasteiger partial charge in [-0.25, -0.2) is 0 Å². The van der Waals surface area contributed by atoms with E-state index in [2.05, 4.69) is 67.7 Å². The van der Waals surface area contributed by atoms with Crippen molar-refractivity contribution in [2.75, 3.05) is 6.54 Å². The second-order valence-electron chi connectivity index (χ2n) is 4.84. The Morgan fingerprint density at radius 2 is 1.78 bits per heavy atom. The van der Waals surface area contributed by atoms with E-state index in [1.807, 2.05) is 0 Å². The molecule has 0 bridgehead atoms. The Kier molecular flexibility index (Phi) is 4.54. The van der Waals surface area contributed by atoms with Gasteiger partial charge in [0.15, 0.2) is 0 Å². The Labute approximate surface area is 110 Å². The first-order chi connectivity index (χ1) is 8.75. The fourth-order valence-electron chi connectivity index (χ4n) is 2.17. The van der Waals surface area contributed by atoms with Crippen LogP contribution in [0.15, 0.2) is 48.5 Å². The summed E-state index contributed by atoms with van der Waals surface area (Å²) in [6.45, 7) is 6.29. The first kappa shape index (κ1) is 12.8. The summed E-state index contributed by atoms with van der Waals surface area (Å²) in [5, 5.41) is 3.50. The summed E-state index contributed by atoms with van der Waals surface area (Å²) < 4.78 is 0. The molecule has 0 aliphatic heterocycles. The molecule has 1 nitrogen and oxygen atoms in total. The first-order valence-electron chi connectivity index (χ1n) is 6.56. The maximum absolute atomic E-state index is 3.50. The number of rotatable bonds is 5. The minimum Gasteiger partial charge on any atom is -0.312 e. The van der Waals surface area contributed by atoms with Crippen LogP contribution in [0.25, 0.3) is 0 Å². The standard InChI is InChI=1S/C17H21N/c1-14-6-5-8-16(12-14)13-18-11-10-17-9-4-3-7-15(17)2/h3-9,12,18H,10-11,13H2,1-2H3. The van der Waals surface area contributed by atoms with Crippen LogP contribution in [0.4, 0.5) is 0 Å². The van der Waals surface area contributed by atoms with Crippen molar-refractivity contribution in [1.82, 2.24) is 5.32 Å². The minimum absolute atomic E-state index is 0.952. The number of benzene rings is 2. The lowest BCUT2D eigenvalue weighted by Crippen LogP contribution is -2.17. The molecule has 1 N–H and O–H groups in total. The van der Waals surface area contributed by atoms with E-state index < -0.39 is 0 Å². The molecule has 2 aromatic rings. The molecule has 0 amide bonds. The molecule has 0 spiro atoms. The molecule has 2 aromatic carbocycles. The number of aryl methyl sites for hydroxylation is 2. The normalized spacial score (nSPS) is 10.6. The third kappa shape index (κ3) is 3.71. The molecule has 0 aromatic heterocycles. The third-order valence-corrected chi connectivity index (χ3v) is 3.24. The Bertz CT molecular complexity index is 502. The molecule has 0 radical (unpaired) electrons. The average molecular weight is 239 g/mol. The average Bonchev–Trinajstić information content (AvgIpc) is 2.37. The highest BCUT2D eigenvalue weighted by molar-refractivity contribution is 5.26. The highest BCUT2D eigenvalue weighted by Crippen LogP contribution is 2.07. The van der Waals surface area contributed by atoms with Crippen molar-refractivity contribution in [2.24, 2.45) is 0 Å². The molecule has 0 unspecified atom stereocenters. The van der Waals surface area contributed by atoms with E-state index in [1.165, 1.54) is 22.3 Å². The molecule has 0 saturated carbocycles. The van der Waals surface area contributed by atoms with E-state index in [0.29, 0.717) is 0 Å². The molecular formula is C17H21N. The summed E-state index contributed by atoms with van der Waals surface area (Å²) in [5.41, 5.74) is 5.51. The van der Waals surface area contributed by atoms with Gasteiger partial charge in [-0.05, 0) is 43.5 Å². The van der Waals surface area contributed by atoms with Crippen LogP contribution in [0.3, 0.4) is 0 Å². The van der Waals surface area contributed by atoms with Crippen molar-refractivity contribution in [1.29, 1.82) is 0 Å². The van der Waals surface area contributed by atoms with Gasteiger partial charge < -0.3 is 5.32 Å². The Morgan fingerprint density at radius 1 is 0.944 bits per heavy atom. The first-order valence-corrected chi connectivity index (χ1v) is 6.56. The van der Waals surface area contributed by atoms with Gasteiger partial charge in [0.1, 0.15) is 0 Å². The van der Waals surface area contributed by atoms with Gasteiger partial charge in [0, 0.05) is 6.54 Å². The highest BCUT2D eigenvalue weighted by Gasteiger charge is 1.97. The van der Waals surface area contributed by atoms with Crippen LogP contribution in [-0.4, -0.2) is 6.54 Å². The maximum Gasteiger partial charge on any atom is 0.0205 e. The lowest BCUT2D eigenvalue weighted by Gasteiger charge is -2.07. The zero-order valence-electron chi connectivity index (χ0n) is 11.2. The molecule has 94 valence electrons. The lowest BCUT2D eigenvalue weighted by atomic mass is 10.1. The van der Waals surface area contributed by atoms with Crippen molar-refractivity contribution in [3.05, 3.63) is 70.8 Å². The summed E-state index contributed by atoms with van der Waals surface area (Å²) >= 11 is 0.